The zero-order chi connectivity index (χ0) is 49.4. The molecule has 350 valence electrons. The van der Waals surface area contributed by atoms with E-state index in [1.54, 1.807) is 0 Å². The molecule has 0 saturated carbocycles. The van der Waals surface area contributed by atoms with Crippen LogP contribution in [0.2, 0.25) is 0 Å². The summed E-state index contributed by atoms with van der Waals surface area (Å²) in [5.41, 5.74) is 16.9. The molecule has 0 aliphatic carbocycles. The highest BCUT2D eigenvalue weighted by Crippen LogP contribution is 2.42. The number of hydrogen-bond donors (Lipinski definition) is 0. The highest BCUT2D eigenvalue weighted by Gasteiger charge is 2.19. The van der Waals surface area contributed by atoms with Crippen LogP contribution < -0.4 is 0 Å². The van der Waals surface area contributed by atoms with Crippen LogP contribution in [0.4, 0.5) is 0 Å². The summed E-state index contributed by atoms with van der Waals surface area (Å²) < 4.78 is 7.27. The van der Waals surface area contributed by atoms with E-state index in [1.165, 1.54) is 75.0 Å². The van der Waals surface area contributed by atoms with E-state index in [1.807, 2.05) is 47.7 Å². The van der Waals surface area contributed by atoms with Crippen molar-refractivity contribution in [3.8, 4) is 78.9 Å². The Bertz CT molecular complexity index is 4630. The Labute approximate surface area is 436 Å². The third-order valence-electron chi connectivity index (χ3n) is 14.8. The highest BCUT2D eigenvalue weighted by molar-refractivity contribution is 7.25. The fourth-order valence-electron chi connectivity index (χ4n) is 11.2. The van der Waals surface area contributed by atoms with Gasteiger partial charge in [0.2, 0.25) is 0 Å². The Morgan fingerprint density at radius 1 is 0.227 bits per heavy atom. The molecule has 4 aromatic heterocycles. The van der Waals surface area contributed by atoms with Gasteiger partial charge in [-0.05, 0) is 130 Å². The molecule has 15 rings (SSSR count). The molecule has 0 fully saturated rings. The number of thiophene rings is 1. The molecule has 75 heavy (non-hydrogen) atoms. The average Bonchev–Trinajstić information content (AvgIpc) is 4.15. The van der Waals surface area contributed by atoms with Gasteiger partial charge in [0.05, 0.1) is 22.1 Å². The predicted molar refractivity (Wildman–Crippen MR) is 314 cm³/mol. The number of nitrogens with zero attached hydrogens (tertiary/aromatic N) is 5. The molecule has 0 atom stereocenters. The topological polar surface area (TPSA) is 48.5 Å². The van der Waals surface area contributed by atoms with Crippen LogP contribution in [0.3, 0.4) is 0 Å². The lowest BCUT2D eigenvalue weighted by atomic mass is 9.98. The number of rotatable bonds is 8. The van der Waals surface area contributed by atoms with Crippen molar-refractivity contribution < 1.29 is 0 Å². The van der Waals surface area contributed by atoms with E-state index in [0.717, 1.165) is 50.2 Å². The summed E-state index contributed by atoms with van der Waals surface area (Å²) >= 11 is 1.82. The lowest BCUT2D eigenvalue weighted by Gasteiger charge is -2.11. The molecule has 0 radical (unpaired) electrons. The normalized spacial score (nSPS) is 11.7. The summed E-state index contributed by atoms with van der Waals surface area (Å²) in [5, 5.41) is 7.27. The summed E-state index contributed by atoms with van der Waals surface area (Å²) in [7, 11) is 0. The molecule has 0 bridgehead atoms. The Hall–Kier alpha value is -9.75. The van der Waals surface area contributed by atoms with Crippen molar-refractivity contribution >= 4 is 75.1 Å². The van der Waals surface area contributed by atoms with E-state index in [-0.39, 0.29) is 0 Å². The van der Waals surface area contributed by atoms with Crippen molar-refractivity contribution in [2.45, 2.75) is 0 Å². The number of para-hydroxylation sites is 2. The van der Waals surface area contributed by atoms with Crippen LogP contribution in [0.25, 0.3) is 143 Å². The van der Waals surface area contributed by atoms with E-state index >= 15 is 0 Å². The first kappa shape index (κ1) is 42.9. The molecule has 4 heterocycles. The van der Waals surface area contributed by atoms with Gasteiger partial charge in [0, 0.05) is 69.8 Å². The van der Waals surface area contributed by atoms with E-state index in [9.17, 15) is 0 Å². The minimum atomic E-state index is 0.648. The molecule has 0 spiro atoms. The maximum absolute atomic E-state index is 5.07. The zero-order valence-corrected chi connectivity index (χ0v) is 41.3. The van der Waals surface area contributed by atoms with Gasteiger partial charge in [0.15, 0.2) is 17.5 Å². The number of fused-ring (bicyclic) bond motifs is 9. The third-order valence-corrected chi connectivity index (χ3v) is 15.9. The van der Waals surface area contributed by atoms with E-state index < -0.39 is 0 Å². The standard InChI is InChI=1S/C69H43N5S/c1-5-16-44(17-6-1)47-22-15-25-54(38-47)74-63-34-29-49(48-28-33-62-56(39-48)55-26-13-14-27-61(55)73(62)53-23-11-4-12-24-53)40-57(63)58-41-50(30-35-64(58)74)51-31-36-65-59(42-51)60-43-52(32-37-66(60)75-65)69-71-67(45-18-7-2-8-19-45)70-68(72-69)46-20-9-3-10-21-46/h1-43H. The molecule has 11 aromatic carbocycles. The maximum atomic E-state index is 5.07. The molecule has 6 heteroatoms. The Kier molecular flexibility index (Phi) is 10.00. The first-order chi connectivity index (χ1) is 37.1. The van der Waals surface area contributed by atoms with Crippen molar-refractivity contribution in [2.24, 2.45) is 0 Å². The van der Waals surface area contributed by atoms with Gasteiger partial charge in [-0.1, -0.05) is 164 Å². The molecule has 0 aliphatic heterocycles. The van der Waals surface area contributed by atoms with Crippen molar-refractivity contribution in [3.63, 3.8) is 0 Å². The van der Waals surface area contributed by atoms with Gasteiger partial charge in [-0.15, -0.1) is 11.3 Å². The molecule has 0 N–H and O–H groups in total. The van der Waals surface area contributed by atoms with Crippen LogP contribution in [0.15, 0.2) is 261 Å². The number of benzene rings is 11. The van der Waals surface area contributed by atoms with Gasteiger partial charge in [0.1, 0.15) is 0 Å². The zero-order valence-electron chi connectivity index (χ0n) is 40.5. The first-order valence-corrected chi connectivity index (χ1v) is 26.1. The average molecular weight is 974 g/mol. The van der Waals surface area contributed by atoms with Crippen LogP contribution in [0.5, 0.6) is 0 Å². The quantitative estimate of drug-likeness (QED) is 0.152. The maximum Gasteiger partial charge on any atom is 0.164 e. The summed E-state index contributed by atoms with van der Waals surface area (Å²) in [6.07, 6.45) is 0. The minimum Gasteiger partial charge on any atom is -0.309 e. The van der Waals surface area contributed by atoms with Crippen LogP contribution in [-0.2, 0) is 0 Å². The van der Waals surface area contributed by atoms with Crippen molar-refractivity contribution in [3.05, 3.63) is 261 Å². The second-order valence-corrected chi connectivity index (χ2v) is 20.3. The molecule has 5 nitrogen and oxygen atoms in total. The van der Waals surface area contributed by atoms with Crippen LogP contribution >= 0.6 is 11.3 Å². The molecule has 15 aromatic rings. The summed E-state index contributed by atoms with van der Waals surface area (Å²) in [5.74, 6) is 1.95. The van der Waals surface area contributed by atoms with E-state index in [2.05, 4.69) is 234 Å². The lowest BCUT2D eigenvalue weighted by molar-refractivity contribution is 1.07. The molecule has 0 unspecified atom stereocenters. The monoisotopic (exact) mass is 973 g/mol. The fourth-order valence-corrected chi connectivity index (χ4v) is 12.2. The Morgan fingerprint density at radius 2 is 0.587 bits per heavy atom. The Morgan fingerprint density at radius 3 is 1.15 bits per heavy atom. The third kappa shape index (κ3) is 7.33. The van der Waals surface area contributed by atoms with Gasteiger partial charge >= 0.3 is 0 Å². The lowest BCUT2D eigenvalue weighted by Crippen LogP contribution is -2.00. The fraction of sp³-hybridized carbons (Fsp3) is 0. The summed E-state index contributed by atoms with van der Waals surface area (Å²) in [4.78, 5) is 15.1. The smallest absolute Gasteiger partial charge is 0.164 e. The van der Waals surface area contributed by atoms with Gasteiger partial charge in [-0.3, -0.25) is 0 Å². The second kappa shape index (κ2) is 17.5. The second-order valence-electron chi connectivity index (χ2n) is 19.2. The van der Waals surface area contributed by atoms with E-state index in [0.29, 0.717) is 17.5 Å². The summed E-state index contributed by atoms with van der Waals surface area (Å²) in [6.45, 7) is 0. The molecule has 0 aliphatic rings. The number of aromatic nitrogens is 5. The molecule has 0 amide bonds. The molecular weight excluding hydrogens is 931 g/mol. The highest BCUT2D eigenvalue weighted by atomic mass is 32.1. The van der Waals surface area contributed by atoms with Crippen LogP contribution in [-0.4, -0.2) is 24.1 Å². The van der Waals surface area contributed by atoms with Gasteiger partial charge < -0.3 is 9.13 Å². The number of hydrogen-bond acceptors (Lipinski definition) is 4. The summed E-state index contributed by atoms with van der Waals surface area (Å²) in [6, 6.07) is 93.8. The molecule has 0 saturated heterocycles. The predicted octanol–water partition coefficient (Wildman–Crippen LogP) is 18.4. The Balaban J connectivity index is 0.883. The van der Waals surface area contributed by atoms with Gasteiger partial charge in [0.25, 0.3) is 0 Å². The van der Waals surface area contributed by atoms with Crippen molar-refractivity contribution in [1.82, 2.24) is 24.1 Å². The van der Waals surface area contributed by atoms with E-state index in [4.69, 9.17) is 15.0 Å². The molecular formula is C69H43N5S. The van der Waals surface area contributed by atoms with Crippen LogP contribution in [0.1, 0.15) is 0 Å². The van der Waals surface area contributed by atoms with Gasteiger partial charge in [-0.25, -0.2) is 15.0 Å². The first-order valence-electron chi connectivity index (χ1n) is 25.3. The van der Waals surface area contributed by atoms with Crippen molar-refractivity contribution in [2.75, 3.05) is 0 Å². The minimum absolute atomic E-state index is 0.648. The van der Waals surface area contributed by atoms with Gasteiger partial charge in [-0.2, -0.15) is 0 Å². The largest absolute Gasteiger partial charge is 0.309 e. The van der Waals surface area contributed by atoms with Crippen LogP contribution in [0, 0.1) is 0 Å². The SMILES string of the molecule is c1ccc(-c2cccc(-n3c4ccc(-c5ccc6sc7ccc(-c8nc(-c9ccccc9)nc(-c9ccccc9)n8)cc7c6c5)cc4c4cc(-c5ccc6c(c5)c5ccccc5n6-c5ccccc5)ccc43)c2)cc1. The van der Waals surface area contributed by atoms with Crippen molar-refractivity contribution in [1.29, 1.82) is 0 Å².